The molecule has 2 atom stereocenters. The first kappa shape index (κ1) is 17.1. The molecule has 1 unspecified atom stereocenters. The van der Waals surface area contributed by atoms with Crippen LogP contribution in [-0.4, -0.2) is 53.1 Å². The van der Waals surface area contributed by atoms with Gasteiger partial charge in [-0.05, 0) is 31.2 Å². The number of carbonyl (C=O) groups is 1. The Morgan fingerprint density at radius 2 is 2.04 bits per heavy atom. The summed E-state index contributed by atoms with van der Waals surface area (Å²) in [7, 11) is 3.48. The van der Waals surface area contributed by atoms with Gasteiger partial charge in [-0.3, -0.25) is 4.68 Å². The lowest BCUT2D eigenvalue weighted by molar-refractivity contribution is 0.187. The molecule has 2 heterocycles. The number of nitrogens with two attached hydrogens (primary N) is 1. The molecule has 0 aliphatic carbocycles. The average molecular weight is 344 g/mol. The zero-order valence-corrected chi connectivity index (χ0v) is 14.7. The number of hydrogen-bond donors (Lipinski definition) is 2. The fraction of sp³-hybridized carbons (Fsp3) is 0.412. The first-order valence-electron chi connectivity index (χ1n) is 8.20. The zero-order chi connectivity index (χ0) is 18.0. The van der Waals surface area contributed by atoms with Gasteiger partial charge in [0.05, 0.1) is 31.7 Å². The third-order valence-corrected chi connectivity index (χ3v) is 4.34. The van der Waals surface area contributed by atoms with Gasteiger partial charge in [-0.2, -0.15) is 5.10 Å². The van der Waals surface area contributed by atoms with E-state index in [2.05, 4.69) is 22.2 Å². The van der Waals surface area contributed by atoms with E-state index in [0.717, 1.165) is 17.1 Å². The maximum atomic E-state index is 12.6. The molecule has 0 spiro atoms. The topological polar surface area (TPSA) is 88.7 Å². The molecule has 0 radical (unpaired) electrons. The van der Waals surface area contributed by atoms with Crippen molar-refractivity contribution in [2.75, 3.05) is 30.4 Å². The zero-order valence-electron chi connectivity index (χ0n) is 14.7. The smallest absolute Gasteiger partial charge is 0.322 e. The number of nitrogens with one attached hydrogen (secondary N) is 1. The van der Waals surface area contributed by atoms with Gasteiger partial charge in [0.15, 0.2) is 0 Å². The summed E-state index contributed by atoms with van der Waals surface area (Å²) in [5, 5.41) is 7.10. The van der Waals surface area contributed by atoms with E-state index in [-0.39, 0.29) is 18.2 Å². The number of benzene rings is 1. The third kappa shape index (κ3) is 3.69. The Morgan fingerprint density at radius 3 is 2.60 bits per heavy atom. The van der Waals surface area contributed by atoms with Crippen molar-refractivity contribution in [1.82, 2.24) is 14.7 Å². The van der Waals surface area contributed by atoms with Gasteiger partial charge in [0.25, 0.3) is 0 Å². The maximum absolute atomic E-state index is 12.6. The van der Waals surface area contributed by atoms with Gasteiger partial charge in [-0.1, -0.05) is 0 Å². The second-order valence-corrected chi connectivity index (χ2v) is 6.26. The van der Waals surface area contributed by atoms with E-state index in [1.165, 1.54) is 0 Å². The molecule has 8 nitrogen and oxygen atoms in total. The Labute approximate surface area is 147 Å². The van der Waals surface area contributed by atoms with Crippen LogP contribution in [0.5, 0.6) is 5.75 Å². The Bertz CT molecular complexity index is 717. The van der Waals surface area contributed by atoms with Gasteiger partial charge in [0.1, 0.15) is 5.75 Å². The van der Waals surface area contributed by atoms with Gasteiger partial charge >= 0.3 is 6.03 Å². The SMILES string of the molecule is COc1ccc(NC(=O)N2CC(N)N(c3cnn(C)c3)[C@@H](C)C2)cc1. The summed E-state index contributed by atoms with van der Waals surface area (Å²) in [6, 6.07) is 7.18. The molecule has 8 heteroatoms. The summed E-state index contributed by atoms with van der Waals surface area (Å²) in [4.78, 5) is 16.4. The molecule has 2 aromatic rings. The Morgan fingerprint density at radius 1 is 1.32 bits per heavy atom. The third-order valence-electron chi connectivity index (χ3n) is 4.34. The van der Waals surface area contributed by atoms with Crippen LogP contribution < -0.4 is 20.7 Å². The molecule has 1 saturated heterocycles. The predicted octanol–water partition coefficient (Wildman–Crippen LogP) is 1.46. The van der Waals surface area contributed by atoms with Crippen molar-refractivity contribution in [1.29, 1.82) is 0 Å². The van der Waals surface area contributed by atoms with Crippen LogP contribution in [0.15, 0.2) is 36.7 Å². The van der Waals surface area contributed by atoms with E-state index in [9.17, 15) is 4.79 Å². The Kier molecular flexibility index (Phi) is 4.80. The van der Waals surface area contributed by atoms with Crippen molar-refractivity contribution >= 4 is 17.4 Å². The van der Waals surface area contributed by atoms with Crippen LogP contribution in [0.4, 0.5) is 16.2 Å². The fourth-order valence-corrected chi connectivity index (χ4v) is 3.15. The van der Waals surface area contributed by atoms with Gasteiger partial charge < -0.3 is 25.6 Å². The average Bonchev–Trinajstić information content (AvgIpc) is 3.00. The van der Waals surface area contributed by atoms with Crippen LogP contribution >= 0.6 is 0 Å². The van der Waals surface area contributed by atoms with Crippen molar-refractivity contribution in [3.8, 4) is 5.75 Å². The van der Waals surface area contributed by atoms with E-state index in [4.69, 9.17) is 10.5 Å². The highest BCUT2D eigenvalue weighted by Gasteiger charge is 2.33. The van der Waals surface area contributed by atoms with Crippen molar-refractivity contribution < 1.29 is 9.53 Å². The summed E-state index contributed by atoms with van der Waals surface area (Å²) >= 11 is 0. The number of amides is 2. The number of ether oxygens (including phenoxy) is 1. The second-order valence-electron chi connectivity index (χ2n) is 6.26. The quantitative estimate of drug-likeness (QED) is 0.880. The normalized spacial score (nSPS) is 20.5. The lowest BCUT2D eigenvalue weighted by Crippen LogP contribution is -2.63. The number of aromatic nitrogens is 2. The lowest BCUT2D eigenvalue weighted by Gasteiger charge is -2.44. The number of aryl methyl sites for hydroxylation is 1. The van der Waals surface area contributed by atoms with Crippen molar-refractivity contribution in [3.63, 3.8) is 0 Å². The van der Waals surface area contributed by atoms with E-state index in [1.54, 1.807) is 22.9 Å². The summed E-state index contributed by atoms with van der Waals surface area (Å²) in [5.41, 5.74) is 8.01. The van der Waals surface area contributed by atoms with Crippen LogP contribution in [0, 0.1) is 0 Å². The van der Waals surface area contributed by atoms with Crippen molar-refractivity contribution in [2.24, 2.45) is 12.8 Å². The first-order chi connectivity index (χ1) is 12.0. The molecular weight excluding hydrogens is 320 g/mol. The van der Waals surface area contributed by atoms with Crippen LogP contribution in [0.1, 0.15) is 6.92 Å². The van der Waals surface area contributed by atoms with Crippen LogP contribution in [0.2, 0.25) is 0 Å². The van der Waals surface area contributed by atoms with Crippen LogP contribution in [0.3, 0.4) is 0 Å². The highest BCUT2D eigenvalue weighted by atomic mass is 16.5. The molecule has 1 aliphatic rings. The van der Waals surface area contributed by atoms with E-state index < -0.39 is 0 Å². The number of nitrogens with zero attached hydrogens (tertiary/aromatic N) is 4. The molecule has 134 valence electrons. The number of hydrogen-bond acceptors (Lipinski definition) is 5. The lowest BCUT2D eigenvalue weighted by atomic mass is 10.1. The molecule has 1 aromatic heterocycles. The largest absolute Gasteiger partial charge is 0.497 e. The summed E-state index contributed by atoms with van der Waals surface area (Å²) in [6.45, 7) is 3.09. The van der Waals surface area contributed by atoms with E-state index >= 15 is 0 Å². The molecule has 0 saturated carbocycles. The number of urea groups is 1. The van der Waals surface area contributed by atoms with Crippen LogP contribution in [0.25, 0.3) is 0 Å². The molecular formula is C17H24N6O2. The van der Waals surface area contributed by atoms with Gasteiger partial charge in [-0.25, -0.2) is 4.79 Å². The second kappa shape index (κ2) is 7.02. The monoisotopic (exact) mass is 344 g/mol. The number of anilines is 2. The summed E-state index contributed by atoms with van der Waals surface area (Å²) in [6.07, 6.45) is 3.45. The van der Waals surface area contributed by atoms with E-state index in [1.807, 2.05) is 37.5 Å². The minimum Gasteiger partial charge on any atom is -0.497 e. The molecule has 0 bridgehead atoms. The van der Waals surface area contributed by atoms with Crippen LogP contribution in [-0.2, 0) is 7.05 Å². The molecule has 2 amide bonds. The predicted molar refractivity (Wildman–Crippen MR) is 96.7 cm³/mol. The fourth-order valence-electron chi connectivity index (χ4n) is 3.15. The molecule has 3 rings (SSSR count). The molecule has 1 aliphatic heterocycles. The number of carbonyl (C=O) groups excluding carboxylic acids is 1. The molecule has 1 fully saturated rings. The maximum Gasteiger partial charge on any atom is 0.322 e. The van der Waals surface area contributed by atoms with Crippen molar-refractivity contribution in [2.45, 2.75) is 19.1 Å². The minimum absolute atomic E-state index is 0.0922. The minimum atomic E-state index is -0.283. The highest BCUT2D eigenvalue weighted by molar-refractivity contribution is 5.89. The van der Waals surface area contributed by atoms with Crippen molar-refractivity contribution in [3.05, 3.63) is 36.7 Å². The first-order valence-corrected chi connectivity index (χ1v) is 8.20. The van der Waals surface area contributed by atoms with Gasteiger partial charge in [0.2, 0.25) is 0 Å². The van der Waals surface area contributed by atoms with E-state index in [0.29, 0.717) is 13.1 Å². The Hall–Kier alpha value is -2.74. The Balaban J connectivity index is 1.65. The van der Waals surface area contributed by atoms with Gasteiger partial charge in [0, 0.05) is 31.5 Å². The number of methoxy groups -OCH3 is 1. The highest BCUT2D eigenvalue weighted by Crippen LogP contribution is 2.23. The number of rotatable bonds is 3. The standard InChI is InChI=1S/C17H24N6O2/c1-12-9-22(11-16(18)23(12)14-8-19-21(2)10-14)17(24)20-13-4-6-15(25-3)7-5-13/h4-8,10,12,16H,9,11,18H2,1-3H3,(H,20,24)/t12-,16?/m0/s1. The molecule has 3 N–H and O–H groups in total. The summed E-state index contributed by atoms with van der Waals surface area (Å²) < 4.78 is 6.87. The summed E-state index contributed by atoms with van der Waals surface area (Å²) in [5.74, 6) is 0.749. The molecule has 1 aromatic carbocycles. The molecule has 25 heavy (non-hydrogen) atoms. The van der Waals surface area contributed by atoms with Gasteiger partial charge in [-0.15, -0.1) is 0 Å². The number of piperazine rings is 1.